The molecule has 0 unspecified atom stereocenters. The summed E-state index contributed by atoms with van der Waals surface area (Å²) in [5, 5.41) is -0.586. The lowest BCUT2D eigenvalue weighted by Gasteiger charge is -2.11. The van der Waals surface area contributed by atoms with Gasteiger partial charge in [-0.15, -0.1) is 0 Å². The zero-order valence-electron chi connectivity index (χ0n) is 9.41. The van der Waals surface area contributed by atoms with Crippen LogP contribution in [-0.4, -0.2) is 10.8 Å². The van der Waals surface area contributed by atoms with E-state index < -0.39 is 22.5 Å². The molecule has 0 fully saturated rings. The van der Waals surface area contributed by atoms with Gasteiger partial charge in [-0.3, -0.25) is 9.78 Å². The van der Waals surface area contributed by atoms with E-state index in [1.807, 2.05) is 0 Å². The van der Waals surface area contributed by atoms with Crippen LogP contribution in [0, 0.1) is 0 Å². The molecule has 1 aromatic heterocycles. The first-order valence-corrected chi connectivity index (χ1v) is 5.59. The number of alkyl halides is 3. The number of aromatic nitrogens is 1. The molecule has 0 aliphatic rings. The minimum absolute atomic E-state index is 0.178. The summed E-state index contributed by atoms with van der Waals surface area (Å²) in [5.74, 6) is -0.571. The molecule has 0 spiro atoms. The van der Waals surface area contributed by atoms with Crippen LogP contribution in [0.5, 0.6) is 0 Å². The van der Waals surface area contributed by atoms with E-state index in [0.717, 1.165) is 12.1 Å². The minimum atomic E-state index is -4.59. The van der Waals surface area contributed by atoms with Crippen LogP contribution in [0.1, 0.15) is 21.5 Å². The average Bonchev–Trinajstić information content (AvgIpc) is 2.38. The summed E-state index contributed by atoms with van der Waals surface area (Å²) in [6.45, 7) is 0. The van der Waals surface area contributed by atoms with E-state index in [1.54, 1.807) is 0 Å². The molecule has 6 heteroatoms. The van der Waals surface area contributed by atoms with E-state index in [1.165, 1.54) is 30.6 Å². The zero-order valence-corrected chi connectivity index (χ0v) is 10.2. The molecule has 0 aliphatic heterocycles. The number of carbonyl (C=O) groups excluding carboxylic acids is 1. The van der Waals surface area contributed by atoms with Gasteiger partial charge in [-0.05, 0) is 24.3 Å². The molecule has 0 radical (unpaired) electrons. The van der Waals surface area contributed by atoms with Crippen molar-refractivity contribution in [3.05, 3.63) is 64.4 Å². The fraction of sp³-hybridized carbons (Fsp3) is 0.0769. The Kier molecular flexibility index (Phi) is 3.57. The van der Waals surface area contributed by atoms with Crippen molar-refractivity contribution in [2.24, 2.45) is 0 Å². The van der Waals surface area contributed by atoms with Crippen molar-refractivity contribution in [1.82, 2.24) is 4.98 Å². The van der Waals surface area contributed by atoms with Crippen molar-refractivity contribution in [3.63, 3.8) is 0 Å². The highest BCUT2D eigenvalue weighted by Crippen LogP contribution is 2.36. The van der Waals surface area contributed by atoms with Crippen molar-refractivity contribution in [2.45, 2.75) is 6.18 Å². The predicted octanol–water partition coefficient (Wildman–Crippen LogP) is 3.98. The van der Waals surface area contributed by atoms with Crippen LogP contribution >= 0.6 is 11.6 Å². The Bertz CT molecular complexity index is 611. The van der Waals surface area contributed by atoms with Gasteiger partial charge in [-0.2, -0.15) is 13.2 Å². The quantitative estimate of drug-likeness (QED) is 0.781. The molecular formula is C13H7ClF3NO. The largest absolute Gasteiger partial charge is 0.417 e. The predicted molar refractivity (Wildman–Crippen MR) is 64.1 cm³/mol. The molecule has 0 saturated carbocycles. The molecular weight excluding hydrogens is 279 g/mol. The van der Waals surface area contributed by atoms with Gasteiger partial charge in [-0.1, -0.05) is 17.7 Å². The molecule has 2 aromatic rings. The Morgan fingerprint density at radius 1 is 1.11 bits per heavy atom. The van der Waals surface area contributed by atoms with Crippen LogP contribution in [0.15, 0.2) is 42.7 Å². The standard InChI is InChI=1S/C13H7ClF3NO/c14-11-9(2-1-3-10(11)13(15,16)17)12(19)8-4-6-18-7-5-8/h1-7H. The van der Waals surface area contributed by atoms with Gasteiger partial charge in [0.15, 0.2) is 5.78 Å². The van der Waals surface area contributed by atoms with Gasteiger partial charge in [0.25, 0.3) is 0 Å². The van der Waals surface area contributed by atoms with Crippen LogP contribution in [-0.2, 0) is 6.18 Å². The lowest BCUT2D eigenvalue weighted by Crippen LogP contribution is -2.10. The normalized spacial score (nSPS) is 11.4. The molecule has 1 aromatic carbocycles. The van der Waals surface area contributed by atoms with Gasteiger partial charge >= 0.3 is 6.18 Å². The fourth-order valence-electron chi connectivity index (χ4n) is 1.59. The van der Waals surface area contributed by atoms with Crippen molar-refractivity contribution >= 4 is 17.4 Å². The van der Waals surface area contributed by atoms with Crippen molar-refractivity contribution < 1.29 is 18.0 Å². The number of nitrogens with zero attached hydrogens (tertiary/aromatic N) is 1. The number of benzene rings is 1. The third kappa shape index (κ3) is 2.76. The third-order valence-electron chi connectivity index (χ3n) is 2.49. The fourth-order valence-corrected chi connectivity index (χ4v) is 1.90. The highest BCUT2D eigenvalue weighted by molar-refractivity contribution is 6.35. The molecule has 2 rings (SSSR count). The Labute approximate surface area is 111 Å². The lowest BCUT2D eigenvalue weighted by molar-refractivity contribution is -0.137. The monoisotopic (exact) mass is 285 g/mol. The number of hydrogen-bond acceptors (Lipinski definition) is 2. The first kappa shape index (κ1) is 13.5. The van der Waals surface area contributed by atoms with Crippen LogP contribution in [0.25, 0.3) is 0 Å². The van der Waals surface area contributed by atoms with Crippen molar-refractivity contribution in [3.8, 4) is 0 Å². The molecule has 1 heterocycles. The summed E-state index contributed by atoms with van der Waals surface area (Å²) in [6.07, 6.45) is -1.82. The Balaban J connectivity index is 2.50. The number of carbonyl (C=O) groups is 1. The second-order valence-corrected chi connectivity index (χ2v) is 4.11. The second-order valence-electron chi connectivity index (χ2n) is 3.73. The maximum atomic E-state index is 12.7. The van der Waals surface area contributed by atoms with Gasteiger partial charge in [0, 0.05) is 23.5 Å². The van der Waals surface area contributed by atoms with Gasteiger partial charge in [0.1, 0.15) is 0 Å². The van der Waals surface area contributed by atoms with E-state index in [-0.39, 0.29) is 11.1 Å². The summed E-state index contributed by atoms with van der Waals surface area (Å²) in [5.41, 5.74) is -0.965. The Morgan fingerprint density at radius 2 is 1.74 bits per heavy atom. The maximum absolute atomic E-state index is 12.7. The summed E-state index contributed by atoms with van der Waals surface area (Å²) in [7, 11) is 0. The van der Waals surface area contributed by atoms with Crippen LogP contribution in [0.2, 0.25) is 5.02 Å². The van der Waals surface area contributed by atoms with Gasteiger partial charge in [0.05, 0.1) is 10.6 Å². The molecule has 0 amide bonds. The molecule has 19 heavy (non-hydrogen) atoms. The van der Waals surface area contributed by atoms with Gasteiger partial charge in [-0.25, -0.2) is 0 Å². The molecule has 2 nitrogen and oxygen atoms in total. The first-order chi connectivity index (χ1) is 8.91. The smallest absolute Gasteiger partial charge is 0.289 e. The first-order valence-electron chi connectivity index (χ1n) is 5.21. The Morgan fingerprint density at radius 3 is 2.32 bits per heavy atom. The molecule has 0 saturated heterocycles. The van der Waals surface area contributed by atoms with E-state index in [4.69, 9.17) is 11.6 Å². The second kappa shape index (κ2) is 5.01. The van der Waals surface area contributed by atoms with E-state index in [2.05, 4.69) is 4.98 Å². The van der Waals surface area contributed by atoms with E-state index in [0.29, 0.717) is 0 Å². The van der Waals surface area contributed by atoms with E-state index in [9.17, 15) is 18.0 Å². The number of rotatable bonds is 2. The highest BCUT2D eigenvalue weighted by Gasteiger charge is 2.34. The number of pyridine rings is 1. The molecule has 0 aliphatic carbocycles. The molecule has 0 bridgehead atoms. The van der Waals surface area contributed by atoms with Crippen LogP contribution < -0.4 is 0 Å². The Hall–Kier alpha value is -1.88. The lowest BCUT2D eigenvalue weighted by atomic mass is 10.0. The number of hydrogen-bond donors (Lipinski definition) is 0. The maximum Gasteiger partial charge on any atom is 0.417 e. The van der Waals surface area contributed by atoms with Gasteiger partial charge in [0.2, 0.25) is 0 Å². The summed E-state index contributed by atoms with van der Waals surface area (Å²) < 4.78 is 38.1. The third-order valence-corrected chi connectivity index (χ3v) is 2.90. The average molecular weight is 286 g/mol. The van der Waals surface area contributed by atoms with Crippen LogP contribution in [0.4, 0.5) is 13.2 Å². The summed E-state index contributed by atoms with van der Waals surface area (Å²) >= 11 is 5.68. The molecule has 0 atom stereocenters. The molecule has 98 valence electrons. The van der Waals surface area contributed by atoms with E-state index >= 15 is 0 Å². The summed E-state index contributed by atoms with van der Waals surface area (Å²) in [6, 6.07) is 6.09. The zero-order chi connectivity index (χ0) is 14.0. The van der Waals surface area contributed by atoms with Gasteiger partial charge < -0.3 is 0 Å². The van der Waals surface area contributed by atoms with Crippen LogP contribution in [0.3, 0.4) is 0 Å². The highest BCUT2D eigenvalue weighted by atomic mass is 35.5. The van der Waals surface area contributed by atoms with Crippen molar-refractivity contribution in [1.29, 1.82) is 0 Å². The number of halogens is 4. The summed E-state index contributed by atoms with van der Waals surface area (Å²) in [4.78, 5) is 15.8. The number of ketones is 1. The molecule has 0 N–H and O–H groups in total. The topological polar surface area (TPSA) is 30.0 Å². The van der Waals surface area contributed by atoms with Crippen molar-refractivity contribution in [2.75, 3.05) is 0 Å². The SMILES string of the molecule is O=C(c1ccncc1)c1cccc(C(F)(F)F)c1Cl. The minimum Gasteiger partial charge on any atom is -0.289 e.